The SMILES string of the molecule is COCC#Cc1ccc(C2=N/C(=C3/c4c(Cl)cc(C)cc4Cc4cc(-c5ccc(C#CCOC)cc5)n([B]F)c43)C(Cc3ccccc3)=C2)cc1. The highest BCUT2D eigenvalue weighted by Crippen LogP contribution is 2.47. The van der Waals surface area contributed by atoms with Crippen LogP contribution in [0.15, 0.2) is 119 Å². The first kappa shape index (κ1) is 34.1. The Morgan fingerprint density at radius 2 is 1.47 bits per heavy atom. The number of aromatic nitrogens is 1. The van der Waals surface area contributed by atoms with Crippen LogP contribution in [0.25, 0.3) is 16.8 Å². The zero-order valence-corrected chi connectivity index (χ0v) is 29.4. The molecule has 1 aliphatic carbocycles. The number of nitrogens with zero attached hydrogens (tertiary/aromatic N) is 2. The third-order valence-corrected chi connectivity index (χ3v) is 9.28. The Morgan fingerprint density at radius 1 is 0.824 bits per heavy atom. The Kier molecular flexibility index (Phi) is 10.2. The topological polar surface area (TPSA) is 35.8 Å². The van der Waals surface area contributed by atoms with Gasteiger partial charge in [0.05, 0.1) is 11.4 Å². The summed E-state index contributed by atoms with van der Waals surface area (Å²) in [4.78, 5) is 5.34. The van der Waals surface area contributed by atoms with Crippen molar-refractivity contribution in [1.82, 2.24) is 4.48 Å². The van der Waals surface area contributed by atoms with E-state index in [4.69, 9.17) is 26.1 Å². The molecule has 4 aromatic carbocycles. The molecular weight excluding hydrogens is 654 g/mol. The Morgan fingerprint density at radius 3 is 2.10 bits per heavy atom. The summed E-state index contributed by atoms with van der Waals surface area (Å²) >= 11 is 7.15. The predicted molar refractivity (Wildman–Crippen MR) is 206 cm³/mol. The first-order valence-corrected chi connectivity index (χ1v) is 17.1. The van der Waals surface area contributed by atoms with Crippen LogP contribution >= 0.6 is 11.6 Å². The van der Waals surface area contributed by atoms with Crippen molar-refractivity contribution in [2.45, 2.75) is 19.8 Å². The molecule has 249 valence electrons. The second-order valence-corrected chi connectivity index (χ2v) is 12.9. The average molecular weight is 688 g/mol. The van der Waals surface area contributed by atoms with Crippen LogP contribution in [0, 0.1) is 30.6 Å². The van der Waals surface area contributed by atoms with Gasteiger partial charge in [-0.15, -0.1) is 0 Å². The Hall–Kier alpha value is -5.37. The summed E-state index contributed by atoms with van der Waals surface area (Å²) in [6.07, 6.45) is 3.39. The van der Waals surface area contributed by atoms with Crippen molar-refractivity contribution < 1.29 is 13.8 Å². The zero-order chi connectivity index (χ0) is 35.3. The Bertz CT molecular complexity index is 2330. The molecule has 0 fully saturated rings. The van der Waals surface area contributed by atoms with Crippen molar-refractivity contribution in [3.63, 3.8) is 0 Å². The highest BCUT2D eigenvalue weighted by Gasteiger charge is 2.33. The quantitative estimate of drug-likeness (QED) is 0.124. The monoisotopic (exact) mass is 687 g/mol. The molecule has 7 rings (SSSR count). The van der Waals surface area contributed by atoms with Gasteiger partial charge in [-0.3, -0.25) is 0 Å². The smallest absolute Gasteiger partial charge is 0.372 e. The number of benzene rings is 4. The van der Waals surface area contributed by atoms with E-state index in [1.165, 1.54) is 0 Å². The lowest BCUT2D eigenvalue weighted by Crippen LogP contribution is -2.15. The number of hydrogen-bond donors (Lipinski definition) is 0. The summed E-state index contributed by atoms with van der Waals surface area (Å²) in [7, 11) is 3.90. The first-order valence-electron chi connectivity index (χ1n) is 16.7. The summed E-state index contributed by atoms with van der Waals surface area (Å²) in [5.74, 6) is 12.2. The number of hydrogen-bond acceptors (Lipinski definition) is 3. The maximum absolute atomic E-state index is 15.4. The van der Waals surface area contributed by atoms with E-state index in [1.54, 1.807) is 18.7 Å². The standard InChI is InChI=1S/C44H34BClFN2O2/c1-29-23-35-26-37-28-40(34-19-15-31(16-20-34)12-8-22-51-3)49(45-47)44(37)42(41(35)38(46)24-29)43-36(25-32-9-5-4-6-10-32)27-39(48-43)33-17-13-30(14-18-33)11-7-21-50-2/h4-6,9-10,13-20,23-24,27-28H,21-22,25-26H2,1-3H3/b43-42-. The van der Waals surface area contributed by atoms with E-state index in [2.05, 4.69) is 54.0 Å². The van der Waals surface area contributed by atoms with E-state index in [0.29, 0.717) is 38.8 Å². The van der Waals surface area contributed by atoms with Crippen molar-refractivity contribution in [1.29, 1.82) is 0 Å². The molecule has 5 aromatic rings. The molecule has 1 aliphatic heterocycles. The van der Waals surface area contributed by atoms with Crippen LogP contribution in [0.3, 0.4) is 0 Å². The van der Waals surface area contributed by atoms with Crippen molar-refractivity contribution in [3.8, 4) is 34.9 Å². The van der Waals surface area contributed by atoms with E-state index in [0.717, 1.165) is 84.0 Å². The minimum Gasteiger partial charge on any atom is -0.372 e. The Labute approximate surface area is 304 Å². The van der Waals surface area contributed by atoms with E-state index in [1.807, 2.05) is 79.7 Å². The normalized spacial score (nSPS) is 14.4. The lowest BCUT2D eigenvalue weighted by molar-refractivity contribution is 0.239. The lowest BCUT2D eigenvalue weighted by atomic mass is 9.82. The van der Waals surface area contributed by atoms with E-state index < -0.39 is 0 Å². The van der Waals surface area contributed by atoms with Crippen molar-refractivity contribution in [2.75, 3.05) is 27.4 Å². The second-order valence-electron chi connectivity index (χ2n) is 12.5. The minimum absolute atomic E-state index is 0.355. The van der Waals surface area contributed by atoms with Crippen LogP contribution in [0.2, 0.25) is 5.02 Å². The fourth-order valence-electron chi connectivity index (χ4n) is 6.75. The molecule has 2 heterocycles. The molecule has 0 unspecified atom stereocenters. The number of halogens is 2. The molecule has 0 amide bonds. The molecule has 4 nitrogen and oxygen atoms in total. The highest BCUT2D eigenvalue weighted by atomic mass is 35.5. The second kappa shape index (κ2) is 15.3. The van der Waals surface area contributed by atoms with Crippen LogP contribution in [-0.4, -0.2) is 45.3 Å². The molecule has 0 atom stereocenters. The molecular formula is C44H34BClFN2O2. The van der Waals surface area contributed by atoms with E-state index in [9.17, 15) is 0 Å². The van der Waals surface area contributed by atoms with Crippen molar-refractivity contribution in [3.05, 3.63) is 170 Å². The molecule has 0 bridgehead atoms. The van der Waals surface area contributed by atoms with Gasteiger partial charge < -0.3 is 18.3 Å². The molecule has 1 aromatic heterocycles. The van der Waals surface area contributed by atoms with Gasteiger partial charge in [0.1, 0.15) is 13.2 Å². The molecule has 51 heavy (non-hydrogen) atoms. The average Bonchev–Trinajstić information content (AvgIpc) is 3.73. The minimum atomic E-state index is 0.355. The summed E-state index contributed by atoms with van der Waals surface area (Å²) < 4.78 is 27.2. The molecule has 0 saturated heterocycles. The van der Waals surface area contributed by atoms with Gasteiger partial charge in [0, 0.05) is 64.9 Å². The molecule has 2 aliphatic rings. The number of aliphatic imine (C=N–C) groups is 1. The van der Waals surface area contributed by atoms with Gasteiger partial charge in [-0.2, -0.15) is 0 Å². The van der Waals surface area contributed by atoms with Crippen molar-refractivity contribution in [2.24, 2.45) is 4.99 Å². The number of rotatable bonds is 7. The fourth-order valence-corrected chi connectivity index (χ4v) is 7.14. The number of methoxy groups -OCH3 is 2. The van der Waals surface area contributed by atoms with Crippen LogP contribution in [0.4, 0.5) is 4.32 Å². The molecule has 7 heteroatoms. The van der Waals surface area contributed by atoms with E-state index >= 15 is 4.32 Å². The van der Waals surface area contributed by atoms with Gasteiger partial charge in [-0.25, -0.2) is 4.99 Å². The van der Waals surface area contributed by atoms with Crippen LogP contribution in [0.1, 0.15) is 50.2 Å². The van der Waals surface area contributed by atoms with Gasteiger partial charge in [0.15, 0.2) is 0 Å². The van der Waals surface area contributed by atoms with Gasteiger partial charge in [0.25, 0.3) is 0 Å². The maximum atomic E-state index is 15.4. The number of aryl methyl sites for hydroxylation is 1. The molecule has 1 radical (unpaired) electrons. The fraction of sp³-hybridized carbons (Fsp3) is 0.159. The largest absolute Gasteiger partial charge is 0.495 e. The summed E-state index contributed by atoms with van der Waals surface area (Å²) in [5, 5.41) is 0.618. The molecule has 0 N–H and O–H groups in total. The van der Waals surface area contributed by atoms with Gasteiger partial charge >= 0.3 is 7.69 Å². The van der Waals surface area contributed by atoms with Crippen molar-refractivity contribution >= 4 is 30.6 Å². The Balaban J connectivity index is 1.43. The number of fused-ring (bicyclic) bond motifs is 2. The summed E-state index contributed by atoms with van der Waals surface area (Å²) in [5.41, 5.74) is 13.7. The number of allylic oxidation sites excluding steroid dienone is 2. The lowest BCUT2D eigenvalue weighted by Gasteiger charge is -2.25. The van der Waals surface area contributed by atoms with E-state index in [-0.39, 0.29) is 0 Å². The maximum Gasteiger partial charge on any atom is 0.495 e. The third-order valence-electron chi connectivity index (χ3n) is 8.98. The molecule has 0 spiro atoms. The molecule has 0 saturated carbocycles. The van der Waals surface area contributed by atoms with Gasteiger partial charge in [-0.05, 0) is 89.2 Å². The van der Waals surface area contributed by atoms with Crippen LogP contribution in [0.5, 0.6) is 0 Å². The van der Waals surface area contributed by atoms with Crippen LogP contribution in [-0.2, 0) is 22.3 Å². The predicted octanol–water partition coefficient (Wildman–Crippen LogP) is 8.80. The summed E-state index contributed by atoms with van der Waals surface area (Å²) in [6.45, 7) is 2.78. The first-order chi connectivity index (χ1) is 25.0. The van der Waals surface area contributed by atoms with Gasteiger partial charge in [-0.1, -0.05) is 95.9 Å². The third kappa shape index (κ3) is 7.14. The highest BCUT2D eigenvalue weighted by molar-refractivity contribution is 6.33. The van der Waals surface area contributed by atoms with Gasteiger partial charge in [0.2, 0.25) is 0 Å². The number of ether oxygens (including phenoxy) is 2. The van der Waals surface area contributed by atoms with Crippen LogP contribution < -0.4 is 0 Å². The zero-order valence-electron chi connectivity index (χ0n) is 28.7. The summed E-state index contributed by atoms with van der Waals surface area (Å²) in [6, 6.07) is 32.5.